The number of methoxy groups -OCH3 is 1. The molecular weight excluding hydrogens is 268 g/mol. The van der Waals surface area contributed by atoms with Gasteiger partial charge >= 0.3 is 5.97 Å². The normalized spacial score (nSPS) is 24.5. The third kappa shape index (κ3) is 5.57. The fraction of sp³-hybridized carbons (Fsp3) is 0.938. The van der Waals surface area contributed by atoms with Crippen LogP contribution in [-0.4, -0.2) is 60.9 Å². The first-order valence-electron chi connectivity index (χ1n) is 8.14. The van der Waals surface area contributed by atoms with Crippen molar-refractivity contribution >= 4 is 5.97 Å². The fourth-order valence-corrected chi connectivity index (χ4v) is 3.23. The highest BCUT2D eigenvalue weighted by atomic mass is 16.5. The van der Waals surface area contributed by atoms with Crippen LogP contribution in [0.25, 0.3) is 0 Å². The molecule has 5 heteroatoms. The van der Waals surface area contributed by atoms with Gasteiger partial charge in [-0.25, -0.2) is 0 Å². The van der Waals surface area contributed by atoms with Crippen LogP contribution in [-0.2, 0) is 9.53 Å². The highest BCUT2D eigenvalue weighted by Gasteiger charge is 2.36. The zero-order valence-electron chi connectivity index (χ0n) is 14.0. The lowest BCUT2D eigenvalue weighted by atomic mass is 9.90. The molecule has 0 aromatic rings. The zero-order valence-corrected chi connectivity index (χ0v) is 14.0. The van der Waals surface area contributed by atoms with E-state index >= 15 is 0 Å². The van der Waals surface area contributed by atoms with E-state index in [0.29, 0.717) is 12.3 Å². The molecule has 0 aromatic carbocycles. The number of ether oxygens (including phenoxy) is 1. The van der Waals surface area contributed by atoms with Gasteiger partial charge in [-0.2, -0.15) is 0 Å². The second-order valence-corrected chi connectivity index (χ2v) is 6.58. The van der Waals surface area contributed by atoms with E-state index in [1.807, 2.05) is 0 Å². The molecule has 21 heavy (non-hydrogen) atoms. The summed E-state index contributed by atoms with van der Waals surface area (Å²) in [6.07, 6.45) is 3.95. The molecular formula is C16H32N2O3. The standard InChI is InChI=1S/C16H32N2O3/c1-5-8-17-16(3,15(19)20)10-13(2)18-9-6-7-14(11-18)12-21-4/h13-14,17H,5-12H2,1-4H3,(H,19,20). The minimum absolute atomic E-state index is 0.259. The first-order valence-corrected chi connectivity index (χ1v) is 8.14. The number of carbonyl (C=O) groups is 1. The first kappa shape index (κ1) is 18.4. The molecule has 1 aliphatic heterocycles. The molecule has 124 valence electrons. The Labute approximate surface area is 129 Å². The van der Waals surface area contributed by atoms with Gasteiger partial charge in [0, 0.05) is 19.7 Å². The summed E-state index contributed by atoms with van der Waals surface area (Å²) in [7, 11) is 1.75. The lowest BCUT2D eigenvalue weighted by Crippen LogP contribution is -2.54. The van der Waals surface area contributed by atoms with Crippen LogP contribution >= 0.6 is 0 Å². The van der Waals surface area contributed by atoms with Gasteiger partial charge in [0.15, 0.2) is 0 Å². The molecule has 1 saturated heterocycles. The largest absolute Gasteiger partial charge is 0.480 e. The van der Waals surface area contributed by atoms with Crippen molar-refractivity contribution in [2.75, 3.05) is 33.4 Å². The van der Waals surface area contributed by atoms with E-state index < -0.39 is 11.5 Å². The Morgan fingerprint density at radius 3 is 2.86 bits per heavy atom. The zero-order chi connectivity index (χ0) is 15.9. The van der Waals surface area contributed by atoms with Crippen LogP contribution in [0.2, 0.25) is 0 Å². The Morgan fingerprint density at radius 2 is 2.29 bits per heavy atom. The van der Waals surface area contributed by atoms with Crippen LogP contribution in [0, 0.1) is 5.92 Å². The van der Waals surface area contributed by atoms with Crippen molar-refractivity contribution in [2.45, 2.75) is 58.0 Å². The lowest BCUT2D eigenvalue weighted by Gasteiger charge is -2.39. The molecule has 0 saturated carbocycles. The van der Waals surface area contributed by atoms with Gasteiger partial charge in [-0.1, -0.05) is 6.92 Å². The van der Waals surface area contributed by atoms with Gasteiger partial charge in [0.05, 0.1) is 6.61 Å². The maximum Gasteiger partial charge on any atom is 0.323 e. The van der Waals surface area contributed by atoms with E-state index in [2.05, 4.69) is 24.1 Å². The van der Waals surface area contributed by atoms with Crippen LogP contribution in [0.5, 0.6) is 0 Å². The number of aliphatic carboxylic acids is 1. The maximum absolute atomic E-state index is 11.6. The van der Waals surface area contributed by atoms with Crippen LogP contribution in [0.3, 0.4) is 0 Å². The van der Waals surface area contributed by atoms with E-state index in [4.69, 9.17) is 4.74 Å². The van der Waals surface area contributed by atoms with Crippen molar-refractivity contribution in [3.05, 3.63) is 0 Å². The van der Waals surface area contributed by atoms with E-state index in [1.54, 1.807) is 14.0 Å². The van der Waals surface area contributed by atoms with Crippen molar-refractivity contribution in [1.82, 2.24) is 10.2 Å². The molecule has 1 fully saturated rings. The van der Waals surface area contributed by atoms with Crippen LogP contribution in [0.15, 0.2) is 0 Å². The van der Waals surface area contributed by atoms with Crippen LogP contribution in [0.1, 0.15) is 46.5 Å². The van der Waals surface area contributed by atoms with E-state index in [-0.39, 0.29) is 6.04 Å². The average Bonchev–Trinajstić information content (AvgIpc) is 2.45. The number of piperidine rings is 1. The molecule has 1 heterocycles. The van der Waals surface area contributed by atoms with Crippen LogP contribution < -0.4 is 5.32 Å². The highest BCUT2D eigenvalue weighted by Crippen LogP contribution is 2.23. The molecule has 0 aliphatic carbocycles. The van der Waals surface area contributed by atoms with Gasteiger partial charge in [-0.05, 0) is 58.5 Å². The predicted molar refractivity (Wildman–Crippen MR) is 84.6 cm³/mol. The topological polar surface area (TPSA) is 61.8 Å². The molecule has 1 rings (SSSR count). The smallest absolute Gasteiger partial charge is 0.323 e. The maximum atomic E-state index is 11.6. The molecule has 3 unspecified atom stereocenters. The first-order chi connectivity index (χ1) is 9.92. The minimum Gasteiger partial charge on any atom is -0.480 e. The summed E-state index contributed by atoms with van der Waals surface area (Å²) in [6.45, 7) is 9.61. The summed E-state index contributed by atoms with van der Waals surface area (Å²) in [5, 5.41) is 12.7. The number of nitrogens with zero attached hydrogens (tertiary/aromatic N) is 1. The number of likely N-dealkylation sites (tertiary alicyclic amines) is 1. The Balaban J connectivity index is 2.59. The van der Waals surface area contributed by atoms with Gasteiger partial charge in [-0.3, -0.25) is 4.79 Å². The molecule has 0 spiro atoms. The Kier molecular flexibility index (Phi) is 7.63. The van der Waals surface area contributed by atoms with Gasteiger partial charge in [0.1, 0.15) is 5.54 Å². The number of rotatable bonds is 9. The third-order valence-electron chi connectivity index (χ3n) is 4.52. The van der Waals surface area contributed by atoms with Crippen molar-refractivity contribution in [3.8, 4) is 0 Å². The molecule has 1 aliphatic rings. The SMILES string of the molecule is CCCNC(C)(CC(C)N1CCCC(COC)C1)C(=O)O. The molecule has 3 atom stereocenters. The molecule has 0 aromatic heterocycles. The summed E-state index contributed by atoms with van der Waals surface area (Å²) < 4.78 is 5.27. The number of hydrogen-bond acceptors (Lipinski definition) is 4. The summed E-state index contributed by atoms with van der Waals surface area (Å²) in [6, 6.07) is 0.259. The number of carboxylic acid groups (broad SMARTS) is 1. The van der Waals surface area contributed by atoms with Gasteiger partial charge in [-0.15, -0.1) is 0 Å². The van der Waals surface area contributed by atoms with E-state index in [1.165, 1.54) is 12.8 Å². The molecule has 5 nitrogen and oxygen atoms in total. The Morgan fingerprint density at radius 1 is 1.57 bits per heavy atom. The van der Waals surface area contributed by atoms with Crippen molar-refractivity contribution in [2.24, 2.45) is 5.92 Å². The summed E-state index contributed by atoms with van der Waals surface area (Å²) in [4.78, 5) is 14.0. The van der Waals surface area contributed by atoms with Gasteiger partial charge in [0.25, 0.3) is 0 Å². The van der Waals surface area contributed by atoms with E-state index in [9.17, 15) is 9.90 Å². The summed E-state index contributed by atoms with van der Waals surface area (Å²) >= 11 is 0. The Hall–Kier alpha value is -0.650. The third-order valence-corrected chi connectivity index (χ3v) is 4.52. The highest BCUT2D eigenvalue weighted by molar-refractivity contribution is 5.78. The van der Waals surface area contributed by atoms with Crippen molar-refractivity contribution < 1.29 is 14.6 Å². The number of nitrogens with one attached hydrogen (secondary N) is 1. The summed E-state index contributed by atoms with van der Waals surface area (Å²) in [5.74, 6) is -0.181. The minimum atomic E-state index is -0.844. The molecule has 0 amide bonds. The van der Waals surface area contributed by atoms with Crippen molar-refractivity contribution in [3.63, 3.8) is 0 Å². The summed E-state index contributed by atoms with van der Waals surface area (Å²) in [5.41, 5.74) is -0.844. The number of hydrogen-bond donors (Lipinski definition) is 2. The van der Waals surface area contributed by atoms with Crippen LogP contribution in [0.4, 0.5) is 0 Å². The molecule has 0 radical (unpaired) electrons. The van der Waals surface area contributed by atoms with Gasteiger partial charge < -0.3 is 20.1 Å². The Bertz CT molecular complexity index is 323. The predicted octanol–water partition coefficient (Wildman–Crippen LogP) is 1.97. The second kappa shape index (κ2) is 8.71. The van der Waals surface area contributed by atoms with Crippen molar-refractivity contribution in [1.29, 1.82) is 0 Å². The molecule has 2 N–H and O–H groups in total. The average molecular weight is 300 g/mol. The van der Waals surface area contributed by atoms with E-state index in [0.717, 1.165) is 32.7 Å². The molecule has 0 bridgehead atoms. The monoisotopic (exact) mass is 300 g/mol. The quantitative estimate of drug-likeness (QED) is 0.681. The van der Waals surface area contributed by atoms with Gasteiger partial charge in [0.2, 0.25) is 0 Å². The second-order valence-electron chi connectivity index (χ2n) is 6.58. The lowest BCUT2D eigenvalue weighted by molar-refractivity contribution is -0.145. The fourth-order valence-electron chi connectivity index (χ4n) is 3.23. The number of carboxylic acids is 1.